The summed E-state index contributed by atoms with van der Waals surface area (Å²) in [6.07, 6.45) is 2.85. The molecule has 0 saturated carbocycles. The van der Waals surface area contributed by atoms with Crippen molar-refractivity contribution >= 4 is 5.97 Å². The van der Waals surface area contributed by atoms with Crippen LogP contribution in [0.3, 0.4) is 0 Å². The molecule has 3 atom stereocenters. The van der Waals surface area contributed by atoms with E-state index in [2.05, 4.69) is 17.3 Å². The van der Waals surface area contributed by atoms with Gasteiger partial charge >= 0.3 is 5.97 Å². The lowest BCUT2D eigenvalue weighted by Crippen LogP contribution is -2.51. The highest BCUT2D eigenvalue weighted by molar-refractivity contribution is 5.70. The van der Waals surface area contributed by atoms with Crippen LogP contribution in [0.1, 0.15) is 19.3 Å². The topological polar surface area (TPSA) is 52.6 Å². The van der Waals surface area contributed by atoms with Gasteiger partial charge in [0, 0.05) is 12.6 Å². The van der Waals surface area contributed by atoms with Gasteiger partial charge in [0.1, 0.15) is 0 Å². The molecule has 2 aliphatic rings. The molecule has 2 heterocycles. The van der Waals surface area contributed by atoms with E-state index >= 15 is 0 Å². The molecule has 0 aromatic rings. The van der Waals surface area contributed by atoms with Crippen molar-refractivity contribution in [1.82, 2.24) is 10.2 Å². The lowest BCUT2D eigenvalue weighted by atomic mass is 9.80. The maximum Gasteiger partial charge on any atom is 0.306 e. The number of nitrogens with zero attached hydrogens (tertiary/aromatic N) is 1. The summed E-state index contributed by atoms with van der Waals surface area (Å²) in [6.45, 7) is 3.00. The second kappa shape index (κ2) is 4.49. The van der Waals surface area contributed by atoms with Crippen molar-refractivity contribution in [1.29, 1.82) is 0 Å². The lowest BCUT2D eigenvalue weighted by molar-refractivity contribution is -0.144. The van der Waals surface area contributed by atoms with Gasteiger partial charge in [-0.2, -0.15) is 0 Å². The van der Waals surface area contributed by atoms with Crippen LogP contribution in [0.25, 0.3) is 0 Å². The summed E-state index contributed by atoms with van der Waals surface area (Å²) in [6, 6.07) is 0.382. The maximum atomic E-state index is 11.2. The van der Waals surface area contributed by atoms with Crippen molar-refractivity contribution < 1.29 is 9.90 Å². The van der Waals surface area contributed by atoms with Gasteiger partial charge in [0.05, 0.1) is 5.92 Å². The van der Waals surface area contributed by atoms with E-state index in [1.165, 1.54) is 0 Å². The summed E-state index contributed by atoms with van der Waals surface area (Å²) < 4.78 is 0. The Labute approximate surface area is 90.6 Å². The van der Waals surface area contributed by atoms with E-state index in [0.29, 0.717) is 12.0 Å². The SMILES string of the molecule is CN1CCC2C(C1)NCCCC2C(=O)O. The van der Waals surface area contributed by atoms with Gasteiger partial charge in [-0.3, -0.25) is 4.79 Å². The first-order chi connectivity index (χ1) is 7.18. The van der Waals surface area contributed by atoms with Gasteiger partial charge in [0.25, 0.3) is 0 Å². The number of likely N-dealkylation sites (tertiary alicyclic amines) is 1. The van der Waals surface area contributed by atoms with Crippen molar-refractivity contribution in [2.75, 3.05) is 26.7 Å². The lowest BCUT2D eigenvalue weighted by Gasteiger charge is -2.38. The van der Waals surface area contributed by atoms with Gasteiger partial charge < -0.3 is 15.3 Å². The predicted molar refractivity (Wildman–Crippen MR) is 57.8 cm³/mol. The monoisotopic (exact) mass is 212 g/mol. The molecule has 0 amide bonds. The van der Waals surface area contributed by atoms with E-state index in [0.717, 1.165) is 38.9 Å². The van der Waals surface area contributed by atoms with Gasteiger partial charge in [-0.05, 0) is 45.3 Å². The molecule has 15 heavy (non-hydrogen) atoms. The molecule has 3 unspecified atom stereocenters. The van der Waals surface area contributed by atoms with E-state index in [1.54, 1.807) is 0 Å². The fourth-order valence-corrected chi connectivity index (χ4v) is 2.96. The highest BCUT2D eigenvalue weighted by Crippen LogP contribution is 2.30. The van der Waals surface area contributed by atoms with Crippen LogP contribution in [-0.2, 0) is 4.79 Å². The van der Waals surface area contributed by atoms with Crippen LogP contribution in [0, 0.1) is 11.8 Å². The zero-order valence-corrected chi connectivity index (χ0v) is 9.28. The number of nitrogens with one attached hydrogen (secondary N) is 1. The van der Waals surface area contributed by atoms with E-state index in [1.807, 2.05) is 0 Å². The van der Waals surface area contributed by atoms with Crippen LogP contribution in [0.2, 0.25) is 0 Å². The molecule has 0 radical (unpaired) electrons. The molecule has 0 aliphatic carbocycles. The summed E-state index contributed by atoms with van der Waals surface area (Å²) in [5.41, 5.74) is 0. The minimum Gasteiger partial charge on any atom is -0.481 e. The molecule has 86 valence electrons. The van der Waals surface area contributed by atoms with Crippen LogP contribution >= 0.6 is 0 Å². The van der Waals surface area contributed by atoms with Gasteiger partial charge in [0.2, 0.25) is 0 Å². The molecule has 2 aliphatic heterocycles. The Morgan fingerprint density at radius 2 is 2.27 bits per heavy atom. The summed E-state index contributed by atoms with van der Waals surface area (Å²) >= 11 is 0. The van der Waals surface area contributed by atoms with Gasteiger partial charge in [-0.15, -0.1) is 0 Å². The molecular weight excluding hydrogens is 192 g/mol. The number of aliphatic carboxylic acids is 1. The number of carboxylic acids is 1. The van der Waals surface area contributed by atoms with E-state index in [-0.39, 0.29) is 5.92 Å². The number of piperidine rings is 1. The molecule has 0 spiro atoms. The first kappa shape index (κ1) is 10.9. The first-order valence-electron chi connectivity index (χ1n) is 5.83. The van der Waals surface area contributed by atoms with Gasteiger partial charge in [0.15, 0.2) is 0 Å². The Balaban J connectivity index is 2.10. The molecule has 0 aromatic heterocycles. The fourth-order valence-electron chi connectivity index (χ4n) is 2.96. The third-order valence-electron chi connectivity index (χ3n) is 3.80. The standard InChI is InChI=1S/C11H20N2O2/c1-13-6-4-8-9(11(14)15)3-2-5-12-10(8)7-13/h8-10,12H,2-7H2,1H3,(H,14,15). The van der Waals surface area contributed by atoms with Crippen molar-refractivity contribution in [2.24, 2.45) is 11.8 Å². The van der Waals surface area contributed by atoms with Crippen molar-refractivity contribution in [3.05, 3.63) is 0 Å². The normalized spacial score (nSPS) is 38.1. The van der Waals surface area contributed by atoms with Gasteiger partial charge in [-0.25, -0.2) is 0 Å². The summed E-state index contributed by atoms with van der Waals surface area (Å²) in [4.78, 5) is 13.5. The van der Waals surface area contributed by atoms with Gasteiger partial charge in [-0.1, -0.05) is 0 Å². The third-order valence-corrected chi connectivity index (χ3v) is 3.80. The molecule has 2 fully saturated rings. The highest BCUT2D eigenvalue weighted by atomic mass is 16.4. The van der Waals surface area contributed by atoms with Crippen LogP contribution in [0.5, 0.6) is 0 Å². The second-order valence-corrected chi connectivity index (χ2v) is 4.86. The Hall–Kier alpha value is -0.610. The molecule has 2 rings (SSSR count). The van der Waals surface area contributed by atoms with Crippen LogP contribution in [-0.4, -0.2) is 48.7 Å². The average Bonchev–Trinajstić information content (AvgIpc) is 2.38. The summed E-state index contributed by atoms with van der Waals surface area (Å²) in [5, 5.41) is 12.7. The van der Waals surface area contributed by atoms with Crippen molar-refractivity contribution in [3.8, 4) is 0 Å². The Bertz CT molecular complexity index is 245. The van der Waals surface area contributed by atoms with E-state index in [4.69, 9.17) is 0 Å². The largest absolute Gasteiger partial charge is 0.481 e. The molecule has 2 N–H and O–H groups in total. The smallest absolute Gasteiger partial charge is 0.306 e. The number of hydrogen-bond acceptors (Lipinski definition) is 3. The fraction of sp³-hybridized carbons (Fsp3) is 0.909. The average molecular weight is 212 g/mol. The number of carbonyl (C=O) groups is 1. The Morgan fingerprint density at radius 1 is 1.47 bits per heavy atom. The molecule has 4 nitrogen and oxygen atoms in total. The Morgan fingerprint density at radius 3 is 3.00 bits per heavy atom. The van der Waals surface area contributed by atoms with Crippen molar-refractivity contribution in [2.45, 2.75) is 25.3 Å². The van der Waals surface area contributed by atoms with Crippen LogP contribution in [0.15, 0.2) is 0 Å². The molecule has 2 saturated heterocycles. The second-order valence-electron chi connectivity index (χ2n) is 4.86. The third kappa shape index (κ3) is 2.32. The zero-order chi connectivity index (χ0) is 10.8. The summed E-state index contributed by atoms with van der Waals surface area (Å²) in [5.74, 6) is -0.391. The number of fused-ring (bicyclic) bond motifs is 1. The van der Waals surface area contributed by atoms with Crippen LogP contribution < -0.4 is 5.32 Å². The van der Waals surface area contributed by atoms with E-state index in [9.17, 15) is 9.90 Å². The molecule has 4 heteroatoms. The predicted octanol–water partition coefficient (Wildman–Crippen LogP) is 0.391. The molecular formula is C11H20N2O2. The minimum atomic E-state index is -0.599. The first-order valence-corrected chi connectivity index (χ1v) is 5.83. The number of rotatable bonds is 1. The summed E-state index contributed by atoms with van der Waals surface area (Å²) in [7, 11) is 2.11. The van der Waals surface area contributed by atoms with E-state index < -0.39 is 5.97 Å². The number of likely N-dealkylation sites (N-methyl/N-ethyl adjacent to an activating group) is 1. The molecule has 0 bridgehead atoms. The zero-order valence-electron chi connectivity index (χ0n) is 9.28. The van der Waals surface area contributed by atoms with Crippen molar-refractivity contribution in [3.63, 3.8) is 0 Å². The number of carboxylic acid groups (broad SMARTS) is 1. The quantitative estimate of drug-likeness (QED) is 0.660. The number of hydrogen-bond donors (Lipinski definition) is 2. The Kier molecular flexibility index (Phi) is 3.26. The maximum absolute atomic E-state index is 11.2. The molecule has 0 aromatic carbocycles. The highest BCUT2D eigenvalue weighted by Gasteiger charge is 2.38. The minimum absolute atomic E-state index is 0.126. The van der Waals surface area contributed by atoms with Crippen LogP contribution in [0.4, 0.5) is 0 Å².